The van der Waals surface area contributed by atoms with Crippen molar-refractivity contribution in [3.63, 3.8) is 0 Å². The van der Waals surface area contributed by atoms with Gasteiger partial charge in [0.05, 0.1) is 18.9 Å². The summed E-state index contributed by atoms with van der Waals surface area (Å²) in [7, 11) is 0. The molecule has 3 aliphatic rings. The van der Waals surface area contributed by atoms with Gasteiger partial charge in [0, 0.05) is 55.1 Å². The van der Waals surface area contributed by atoms with Crippen LogP contribution in [0, 0.1) is 11.8 Å². The van der Waals surface area contributed by atoms with Gasteiger partial charge in [0.15, 0.2) is 5.13 Å². The van der Waals surface area contributed by atoms with Gasteiger partial charge in [0.2, 0.25) is 17.7 Å². The summed E-state index contributed by atoms with van der Waals surface area (Å²) in [6.45, 7) is 8.90. The molecule has 0 spiro atoms. The Morgan fingerprint density at radius 3 is 2.45 bits per heavy atom. The minimum absolute atomic E-state index is 0.00903. The second-order valence-corrected chi connectivity index (χ2v) is 12.4. The molecular weight excluding hydrogens is 556 g/mol. The Morgan fingerprint density at radius 1 is 1.02 bits per heavy atom. The Balaban J connectivity index is 1.14. The van der Waals surface area contributed by atoms with E-state index in [2.05, 4.69) is 25.8 Å². The van der Waals surface area contributed by atoms with E-state index in [9.17, 15) is 19.2 Å². The highest BCUT2D eigenvalue weighted by Crippen LogP contribution is 2.30. The summed E-state index contributed by atoms with van der Waals surface area (Å²) in [6.07, 6.45) is 3.02. The van der Waals surface area contributed by atoms with Gasteiger partial charge in [-0.2, -0.15) is 0 Å². The van der Waals surface area contributed by atoms with Gasteiger partial charge in [0.25, 0.3) is 5.91 Å². The third kappa shape index (κ3) is 7.53. The van der Waals surface area contributed by atoms with Crippen molar-refractivity contribution >= 4 is 40.1 Å². The first kappa shape index (κ1) is 30.1. The molecule has 2 atom stereocenters. The molecule has 5 rings (SSSR count). The van der Waals surface area contributed by atoms with Crippen molar-refractivity contribution < 1.29 is 23.9 Å². The summed E-state index contributed by atoms with van der Waals surface area (Å²) in [5.74, 6) is -0.754. The molecule has 3 N–H and O–H groups in total. The zero-order chi connectivity index (χ0) is 29.6. The Kier molecular flexibility index (Phi) is 9.86. The zero-order valence-corrected chi connectivity index (χ0v) is 25.1. The van der Waals surface area contributed by atoms with E-state index in [1.54, 1.807) is 17.0 Å². The van der Waals surface area contributed by atoms with Gasteiger partial charge in [0.1, 0.15) is 12.1 Å². The van der Waals surface area contributed by atoms with Crippen LogP contribution in [0.15, 0.2) is 29.6 Å². The predicted octanol–water partition coefficient (Wildman–Crippen LogP) is 2.35. The number of carbonyl (C=O) groups excluding carboxylic acids is 4. The molecule has 4 amide bonds. The van der Waals surface area contributed by atoms with Gasteiger partial charge in [-0.25, -0.2) is 4.98 Å². The monoisotopic (exact) mass is 596 g/mol. The number of nitrogens with zero attached hydrogens (tertiary/aromatic N) is 3. The minimum atomic E-state index is -0.646. The van der Waals surface area contributed by atoms with Crippen molar-refractivity contribution in [1.82, 2.24) is 25.4 Å². The van der Waals surface area contributed by atoms with E-state index >= 15 is 0 Å². The minimum Gasteiger partial charge on any atom is -0.379 e. The molecule has 1 aliphatic carbocycles. The molecule has 0 bridgehead atoms. The van der Waals surface area contributed by atoms with Crippen LogP contribution in [0.4, 0.5) is 5.13 Å². The molecule has 2 saturated heterocycles. The average molecular weight is 597 g/mol. The van der Waals surface area contributed by atoms with Gasteiger partial charge in [-0.1, -0.05) is 26.0 Å². The molecular formula is C30H40N6O5S. The summed E-state index contributed by atoms with van der Waals surface area (Å²) < 4.78 is 5.35. The highest BCUT2D eigenvalue weighted by atomic mass is 32.1. The number of amides is 4. The Bertz CT molecular complexity index is 1270. The van der Waals surface area contributed by atoms with Gasteiger partial charge in [-0.05, 0) is 43.7 Å². The standard InChI is InChI=1S/C30H40N6O5S/c1-19(2)25(33-27(38)22-9-10-22)29(40)36-12-3-4-24(36)28(39)34-30-32-23(18-42-30)20-5-7-21(8-6-20)26(37)31-11-13-35-14-16-41-17-15-35/h5-8,18-19,22,24-25H,3-4,9-17H2,1-2H3,(H,31,37)(H,33,38)(H,32,34,39)/t24-,25+/m0/s1. The van der Waals surface area contributed by atoms with Crippen molar-refractivity contribution in [3.05, 3.63) is 35.2 Å². The molecule has 2 aromatic rings. The van der Waals surface area contributed by atoms with Crippen LogP contribution in [0.25, 0.3) is 11.3 Å². The molecule has 1 aromatic carbocycles. The lowest BCUT2D eigenvalue weighted by molar-refractivity contribution is -0.141. The Labute approximate surface area is 250 Å². The summed E-state index contributed by atoms with van der Waals surface area (Å²) in [5, 5.41) is 11.1. The molecule has 1 saturated carbocycles. The maximum atomic E-state index is 13.4. The molecule has 12 heteroatoms. The number of anilines is 1. The van der Waals surface area contributed by atoms with Crippen molar-refractivity contribution in [2.45, 2.75) is 51.6 Å². The lowest BCUT2D eigenvalue weighted by Gasteiger charge is -2.30. The average Bonchev–Trinajstić information content (AvgIpc) is 3.54. The summed E-state index contributed by atoms with van der Waals surface area (Å²) in [4.78, 5) is 60.0. The molecule has 1 aromatic heterocycles. The number of ether oxygens (including phenoxy) is 1. The second-order valence-electron chi connectivity index (χ2n) is 11.5. The highest BCUT2D eigenvalue weighted by molar-refractivity contribution is 7.14. The zero-order valence-electron chi connectivity index (χ0n) is 24.3. The number of morpholine rings is 1. The Hall–Kier alpha value is -3.35. The van der Waals surface area contributed by atoms with Crippen molar-refractivity contribution in [2.75, 3.05) is 51.3 Å². The number of rotatable bonds is 11. The van der Waals surface area contributed by atoms with Gasteiger partial charge < -0.3 is 25.6 Å². The predicted molar refractivity (Wildman–Crippen MR) is 160 cm³/mol. The summed E-state index contributed by atoms with van der Waals surface area (Å²) in [5.41, 5.74) is 2.10. The SMILES string of the molecule is CC(C)[C@@H](NC(=O)C1CC1)C(=O)N1CCC[C@H]1C(=O)Nc1nc(-c2ccc(C(=O)NCCN3CCOCC3)cc2)cs1. The van der Waals surface area contributed by atoms with Crippen LogP contribution in [0.5, 0.6) is 0 Å². The van der Waals surface area contributed by atoms with Crippen LogP contribution in [-0.2, 0) is 19.1 Å². The fourth-order valence-electron chi connectivity index (χ4n) is 5.31. The lowest BCUT2D eigenvalue weighted by atomic mass is 10.0. The maximum Gasteiger partial charge on any atom is 0.251 e. The molecule has 3 fully saturated rings. The normalized spacial score (nSPS) is 19.9. The van der Waals surface area contributed by atoms with Crippen molar-refractivity contribution in [1.29, 1.82) is 0 Å². The second kappa shape index (κ2) is 13.7. The summed E-state index contributed by atoms with van der Waals surface area (Å²) >= 11 is 1.31. The van der Waals surface area contributed by atoms with E-state index in [0.717, 1.165) is 57.7 Å². The number of benzene rings is 1. The number of hydrogen-bond donors (Lipinski definition) is 3. The first-order chi connectivity index (χ1) is 20.3. The van der Waals surface area contributed by atoms with Crippen LogP contribution in [0.1, 0.15) is 49.9 Å². The number of hydrogen-bond acceptors (Lipinski definition) is 8. The molecule has 0 unspecified atom stereocenters. The number of aromatic nitrogens is 1. The van der Waals surface area contributed by atoms with E-state index in [1.165, 1.54) is 11.3 Å². The fraction of sp³-hybridized carbons (Fsp3) is 0.567. The quantitative estimate of drug-likeness (QED) is 0.363. The fourth-order valence-corrected chi connectivity index (χ4v) is 6.03. The highest BCUT2D eigenvalue weighted by Gasteiger charge is 2.40. The molecule has 42 heavy (non-hydrogen) atoms. The number of likely N-dealkylation sites (tertiary alicyclic amines) is 1. The van der Waals surface area contributed by atoms with Crippen LogP contribution >= 0.6 is 11.3 Å². The topological polar surface area (TPSA) is 133 Å². The van der Waals surface area contributed by atoms with E-state index in [-0.39, 0.29) is 35.5 Å². The molecule has 2 aliphatic heterocycles. The molecule has 3 heterocycles. The van der Waals surface area contributed by atoms with E-state index in [1.807, 2.05) is 31.4 Å². The molecule has 0 radical (unpaired) electrons. The third-order valence-electron chi connectivity index (χ3n) is 8.01. The van der Waals surface area contributed by atoms with E-state index in [4.69, 9.17) is 4.74 Å². The van der Waals surface area contributed by atoms with Crippen LogP contribution < -0.4 is 16.0 Å². The third-order valence-corrected chi connectivity index (χ3v) is 8.77. The Morgan fingerprint density at radius 2 is 1.76 bits per heavy atom. The summed E-state index contributed by atoms with van der Waals surface area (Å²) in [6, 6.07) is 5.98. The number of thiazole rings is 1. The van der Waals surface area contributed by atoms with Crippen molar-refractivity contribution in [2.24, 2.45) is 11.8 Å². The largest absolute Gasteiger partial charge is 0.379 e. The van der Waals surface area contributed by atoms with Gasteiger partial charge in [-0.15, -0.1) is 11.3 Å². The molecule has 11 nitrogen and oxygen atoms in total. The first-order valence-electron chi connectivity index (χ1n) is 14.9. The van der Waals surface area contributed by atoms with Crippen LogP contribution in [-0.4, -0.2) is 96.4 Å². The van der Waals surface area contributed by atoms with Gasteiger partial charge in [-0.3, -0.25) is 24.1 Å². The van der Waals surface area contributed by atoms with Crippen LogP contribution in [0.2, 0.25) is 0 Å². The lowest BCUT2D eigenvalue weighted by Crippen LogP contribution is -2.54. The first-order valence-corrected chi connectivity index (χ1v) is 15.7. The number of carbonyl (C=O) groups is 4. The van der Waals surface area contributed by atoms with Gasteiger partial charge >= 0.3 is 0 Å². The smallest absolute Gasteiger partial charge is 0.251 e. The van der Waals surface area contributed by atoms with E-state index < -0.39 is 12.1 Å². The van der Waals surface area contributed by atoms with Crippen LogP contribution in [0.3, 0.4) is 0 Å². The van der Waals surface area contributed by atoms with E-state index in [0.29, 0.717) is 35.9 Å². The maximum absolute atomic E-state index is 13.4. The van der Waals surface area contributed by atoms with Crippen molar-refractivity contribution in [3.8, 4) is 11.3 Å². The number of nitrogens with one attached hydrogen (secondary N) is 3. The molecule has 226 valence electrons.